The van der Waals surface area contributed by atoms with Crippen molar-refractivity contribution in [3.8, 4) is 0 Å². The Hall–Kier alpha value is -0.150. The van der Waals surface area contributed by atoms with E-state index in [2.05, 4.69) is 6.58 Å². The summed E-state index contributed by atoms with van der Waals surface area (Å²) < 4.78 is 9.52. The highest BCUT2D eigenvalue weighted by atomic mass is 35.7. The minimum absolute atomic E-state index is 0.176. The maximum Gasteiger partial charge on any atom is 0.330 e. The second kappa shape index (κ2) is 6.38. The van der Waals surface area contributed by atoms with Crippen molar-refractivity contribution in [3.05, 3.63) is 12.2 Å². The highest BCUT2D eigenvalue weighted by Crippen LogP contribution is 2.46. The average Bonchev–Trinajstić information content (AvgIpc) is 2.40. The summed E-state index contributed by atoms with van der Waals surface area (Å²) in [6.45, 7) is 5.93. The van der Waals surface area contributed by atoms with Crippen LogP contribution in [0.1, 0.15) is 6.92 Å². The molecule has 0 aromatic heterocycles. The van der Waals surface area contributed by atoms with E-state index in [1.807, 2.05) is 0 Å². The number of hydrogen-bond donors (Lipinski definition) is 1. The lowest BCUT2D eigenvalue weighted by Gasteiger charge is -1.89. The Bertz CT molecular complexity index is 155. The van der Waals surface area contributed by atoms with Gasteiger partial charge in [-0.05, 0) is 18.2 Å². The topological polar surface area (TPSA) is 55.8 Å². The van der Waals surface area contributed by atoms with E-state index in [0.717, 1.165) is 0 Å². The summed E-state index contributed by atoms with van der Waals surface area (Å²) in [6, 6.07) is 0. The van der Waals surface area contributed by atoms with E-state index in [4.69, 9.17) is 25.4 Å². The molecule has 1 saturated heterocycles. The van der Waals surface area contributed by atoms with Crippen molar-refractivity contribution in [2.75, 3.05) is 13.2 Å². The zero-order valence-corrected chi connectivity index (χ0v) is 8.27. The molecule has 0 aliphatic carbocycles. The lowest BCUT2D eigenvalue weighted by molar-refractivity contribution is -0.132. The van der Waals surface area contributed by atoms with Crippen LogP contribution in [0.5, 0.6) is 0 Å². The van der Waals surface area contributed by atoms with Gasteiger partial charge in [-0.15, -0.1) is 0 Å². The fourth-order valence-corrected chi connectivity index (χ4v) is 1.18. The summed E-state index contributed by atoms with van der Waals surface area (Å²) in [5.74, 6) is -0.935. The Morgan fingerprint density at radius 2 is 1.92 bits per heavy atom. The number of carboxylic acid groups (broad SMARTS) is 1. The van der Waals surface area contributed by atoms with Gasteiger partial charge in [0.05, 0.1) is 13.2 Å². The summed E-state index contributed by atoms with van der Waals surface area (Å²) in [4.78, 5) is 9.60. The molecule has 1 fully saturated rings. The molecule has 0 radical (unpaired) electrons. The van der Waals surface area contributed by atoms with Gasteiger partial charge < -0.3 is 14.2 Å². The molecule has 0 unspecified atom stereocenters. The second-order valence-electron chi connectivity index (χ2n) is 1.96. The first-order chi connectivity index (χ1) is 5.54. The first-order valence-corrected chi connectivity index (χ1v) is 5.23. The lowest BCUT2D eigenvalue weighted by Crippen LogP contribution is -1.92. The van der Waals surface area contributed by atoms with Crippen LogP contribution in [-0.4, -0.2) is 24.3 Å². The fourth-order valence-electron chi connectivity index (χ4n) is 0.255. The van der Waals surface area contributed by atoms with Crippen LogP contribution in [0.4, 0.5) is 0 Å². The van der Waals surface area contributed by atoms with Crippen molar-refractivity contribution in [1.29, 1.82) is 0 Å². The highest BCUT2D eigenvalue weighted by molar-refractivity contribution is 7.76. The number of carbonyl (C=O) groups is 1. The Balaban J connectivity index is 0.000000202. The van der Waals surface area contributed by atoms with Crippen LogP contribution in [0.25, 0.3) is 0 Å². The van der Waals surface area contributed by atoms with Crippen LogP contribution in [0.3, 0.4) is 0 Å². The molecule has 1 N–H and O–H groups in total. The summed E-state index contributed by atoms with van der Waals surface area (Å²) in [5, 5.41) is 7.89. The van der Waals surface area contributed by atoms with Crippen molar-refractivity contribution in [1.82, 2.24) is 0 Å². The van der Waals surface area contributed by atoms with Gasteiger partial charge in [0.25, 0.3) is 7.73 Å². The molecule has 1 aliphatic rings. The van der Waals surface area contributed by atoms with E-state index in [9.17, 15) is 4.79 Å². The van der Waals surface area contributed by atoms with Crippen molar-refractivity contribution >= 4 is 24.9 Å². The quantitative estimate of drug-likeness (QED) is 0.535. The van der Waals surface area contributed by atoms with Gasteiger partial charge >= 0.3 is 5.97 Å². The minimum Gasteiger partial charge on any atom is -0.478 e. The van der Waals surface area contributed by atoms with Crippen LogP contribution < -0.4 is 0 Å². The summed E-state index contributed by atoms with van der Waals surface area (Å²) >= 11 is 5.33. The third kappa shape index (κ3) is 6.55. The lowest BCUT2D eigenvalue weighted by atomic mass is 10.4. The maximum absolute atomic E-state index is 9.60. The predicted molar refractivity (Wildman–Crippen MR) is 47.1 cm³/mol. The Morgan fingerprint density at radius 1 is 1.58 bits per heavy atom. The van der Waals surface area contributed by atoms with E-state index in [1.165, 1.54) is 6.92 Å². The maximum atomic E-state index is 9.60. The van der Waals surface area contributed by atoms with Gasteiger partial charge in [-0.1, -0.05) is 6.58 Å². The molecule has 4 nitrogen and oxygen atoms in total. The van der Waals surface area contributed by atoms with Gasteiger partial charge in [-0.25, -0.2) is 4.79 Å². The molecule has 1 heterocycles. The molecular formula is C6H10ClO4P. The SMILES string of the molecule is C=C(C)C(=O)O.ClP1OCCO1. The predicted octanol–water partition coefficient (Wildman–Crippen LogP) is 2.15. The molecule has 12 heavy (non-hydrogen) atoms. The number of aliphatic carboxylic acids is 1. The molecule has 0 amide bonds. The Labute approximate surface area is 76.8 Å². The standard InChI is InChI=1S/C4H6O2.C2H4ClO2P/c1-3(2)4(5)6;3-6-4-1-2-5-6/h1H2,2H3,(H,5,6);1-2H2. The summed E-state index contributed by atoms with van der Waals surface area (Å²) in [5.41, 5.74) is 0.176. The van der Waals surface area contributed by atoms with Gasteiger partial charge in [0.15, 0.2) is 0 Å². The van der Waals surface area contributed by atoms with Gasteiger partial charge in [-0.2, -0.15) is 0 Å². The molecule has 6 heteroatoms. The van der Waals surface area contributed by atoms with E-state index >= 15 is 0 Å². The Kier molecular flexibility index (Phi) is 6.30. The molecule has 0 aromatic carbocycles. The molecule has 70 valence electrons. The largest absolute Gasteiger partial charge is 0.478 e. The minimum atomic E-state index is -0.993. The van der Waals surface area contributed by atoms with E-state index in [0.29, 0.717) is 13.2 Å². The first kappa shape index (κ1) is 11.8. The van der Waals surface area contributed by atoms with E-state index < -0.39 is 13.7 Å². The third-order valence-electron chi connectivity index (χ3n) is 0.834. The molecule has 0 atom stereocenters. The Morgan fingerprint density at radius 3 is 2.00 bits per heavy atom. The van der Waals surface area contributed by atoms with Crippen LogP contribution in [0.2, 0.25) is 0 Å². The fraction of sp³-hybridized carbons (Fsp3) is 0.500. The highest BCUT2D eigenvalue weighted by Gasteiger charge is 2.11. The first-order valence-electron chi connectivity index (χ1n) is 3.14. The molecular weight excluding hydrogens is 202 g/mol. The van der Waals surface area contributed by atoms with Crippen molar-refractivity contribution in [3.63, 3.8) is 0 Å². The van der Waals surface area contributed by atoms with Crippen LogP contribution >= 0.6 is 19.0 Å². The van der Waals surface area contributed by atoms with Crippen molar-refractivity contribution in [2.24, 2.45) is 0 Å². The normalized spacial score (nSPS) is 16.5. The van der Waals surface area contributed by atoms with Crippen molar-refractivity contribution in [2.45, 2.75) is 6.92 Å². The molecule has 1 rings (SSSR count). The summed E-state index contributed by atoms with van der Waals surface area (Å²) in [6.07, 6.45) is 0. The van der Waals surface area contributed by atoms with Crippen molar-refractivity contribution < 1.29 is 18.9 Å². The van der Waals surface area contributed by atoms with Crippen LogP contribution in [0.15, 0.2) is 12.2 Å². The van der Waals surface area contributed by atoms with Gasteiger partial charge in [0, 0.05) is 5.57 Å². The molecule has 0 saturated carbocycles. The third-order valence-corrected chi connectivity index (χ3v) is 2.19. The number of rotatable bonds is 1. The molecule has 1 aliphatic heterocycles. The zero-order valence-electron chi connectivity index (χ0n) is 6.62. The number of halogens is 1. The average molecular weight is 213 g/mol. The smallest absolute Gasteiger partial charge is 0.330 e. The molecule has 0 bridgehead atoms. The molecule has 0 aromatic rings. The van der Waals surface area contributed by atoms with Gasteiger partial charge in [0.1, 0.15) is 0 Å². The monoisotopic (exact) mass is 212 g/mol. The van der Waals surface area contributed by atoms with Crippen LogP contribution in [0, 0.1) is 0 Å². The van der Waals surface area contributed by atoms with Crippen LogP contribution in [-0.2, 0) is 13.8 Å². The van der Waals surface area contributed by atoms with Gasteiger partial charge in [-0.3, -0.25) is 0 Å². The number of hydrogen-bond acceptors (Lipinski definition) is 3. The molecule has 0 spiro atoms. The van der Waals surface area contributed by atoms with E-state index in [-0.39, 0.29) is 5.57 Å². The zero-order chi connectivity index (χ0) is 9.56. The second-order valence-corrected chi connectivity index (χ2v) is 3.73. The van der Waals surface area contributed by atoms with E-state index in [1.54, 1.807) is 0 Å². The van der Waals surface area contributed by atoms with Gasteiger partial charge in [0.2, 0.25) is 0 Å². The summed E-state index contributed by atoms with van der Waals surface area (Å²) in [7, 11) is -0.993. The number of carboxylic acids is 1.